The van der Waals surface area contributed by atoms with Crippen molar-refractivity contribution in [1.29, 1.82) is 0 Å². The number of aromatic nitrogens is 4. The minimum Gasteiger partial charge on any atom is -0.369 e. The average Bonchev–Trinajstić information content (AvgIpc) is 2.53. The third-order valence-corrected chi connectivity index (χ3v) is 3.38. The van der Waals surface area contributed by atoms with Crippen molar-refractivity contribution in [1.82, 2.24) is 20.4 Å². The normalized spacial score (nSPS) is 10.5. The Morgan fingerprint density at radius 1 is 0.636 bits per heavy atom. The second-order valence-electron chi connectivity index (χ2n) is 4.75. The molecule has 0 aliphatic rings. The highest BCUT2D eigenvalue weighted by Gasteiger charge is 1.97. The lowest BCUT2D eigenvalue weighted by atomic mass is 10.2. The smallest absolute Gasteiger partial charge is 0.151 e. The van der Waals surface area contributed by atoms with Gasteiger partial charge in [-0.2, -0.15) is 0 Å². The molecule has 0 radical (unpaired) electrons. The van der Waals surface area contributed by atoms with E-state index in [9.17, 15) is 0 Å². The molecule has 0 aliphatic heterocycles. The number of nitrogens with zero attached hydrogens (tertiary/aromatic N) is 4. The first-order valence-electron chi connectivity index (χ1n) is 7.20. The number of halogens is 2. The van der Waals surface area contributed by atoms with Crippen LogP contribution in [0, 0.1) is 0 Å². The molecule has 2 rings (SSSR count). The monoisotopic (exact) mass is 340 g/mol. The molecule has 22 heavy (non-hydrogen) atoms. The van der Waals surface area contributed by atoms with Crippen molar-refractivity contribution in [2.45, 2.75) is 25.7 Å². The molecule has 0 aromatic carbocycles. The first-order chi connectivity index (χ1) is 10.7. The molecule has 0 unspecified atom stereocenters. The zero-order chi connectivity index (χ0) is 15.6. The zero-order valence-electron chi connectivity index (χ0n) is 12.1. The molecule has 2 N–H and O–H groups in total. The van der Waals surface area contributed by atoms with Crippen LogP contribution in [-0.4, -0.2) is 33.5 Å². The van der Waals surface area contributed by atoms with E-state index in [1.54, 1.807) is 12.1 Å². The molecule has 0 atom stereocenters. The Morgan fingerprint density at radius 3 is 1.45 bits per heavy atom. The maximum Gasteiger partial charge on any atom is 0.151 e. The second kappa shape index (κ2) is 9.38. The van der Waals surface area contributed by atoms with Gasteiger partial charge < -0.3 is 10.6 Å². The minimum absolute atomic E-state index is 0.406. The molecule has 2 aromatic heterocycles. The van der Waals surface area contributed by atoms with Crippen molar-refractivity contribution in [2.75, 3.05) is 23.7 Å². The fourth-order valence-corrected chi connectivity index (χ4v) is 2.06. The first-order valence-corrected chi connectivity index (χ1v) is 7.96. The van der Waals surface area contributed by atoms with Crippen LogP contribution in [0.4, 0.5) is 11.6 Å². The molecular formula is C14H18Cl2N6. The highest BCUT2D eigenvalue weighted by Crippen LogP contribution is 2.08. The van der Waals surface area contributed by atoms with Crippen molar-refractivity contribution in [3.05, 3.63) is 34.6 Å². The molecule has 0 spiro atoms. The summed E-state index contributed by atoms with van der Waals surface area (Å²) in [6.45, 7) is 1.76. The molecule has 6 nitrogen and oxygen atoms in total. The SMILES string of the molecule is Clc1ccc(NCCCCCCNc2ccc(Cl)nn2)nn1. The maximum atomic E-state index is 5.67. The number of nitrogens with one attached hydrogen (secondary N) is 2. The number of anilines is 2. The van der Waals surface area contributed by atoms with Gasteiger partial charge in [0.15, 0.2) is 10.3 Å². The van der Waals surface area contributed by atoms with Crippen molar-refractivity contribution in [3.63, 3.8) is 0 Å². The number of hydrogen-bond donors (Lipinski definition) is 2. The third-order valence-electron chi connectivity index (χ3n) is 2.98. The molecule has 0 amide bonds. The van der Waals surface area contributed by atoms with E-state index in [0.29, 0.717) is 10.3 Å². The van der Waals surface area contributed by atoms with Gasteiger partial charge in [-0.25, -0.2) is 0 Å². The van der Waals surface area contributed by atoms with Crippen LogP contribution in [0.1, 0.15) is 25.7 Å². The summed E-state index contributed by atoms with van der Waals surface area (Å²) in [6.07, 6.45) is 4.49. The summed E-state index contributed by atoms with van der Waals surface area (Å²) in [5.74, 6) is 1.51. The van der Waals surface area contributed by atoms with E-state index in [4.69, 9.17) is 23.2 Å². The Labute approximate surface area is 139 Å². The van der Waals surface area contributed by atoms with E-state index >= 15 is 0 Å². The van der Waals surface area contributed by atoms with Gasteiger partial charge in [-0.05, 0) is 37.1 Å². The fraction of sp³-hybridized carbons (Fsp3) is 0.429. The predicted octanol–water partition coefficient (Wildman–Crippen LogP) is 3.66. The number of unbranched alkanes of at least 4 members (excludes halogenated alkanes) is 3. The number of hydrogen-bond acceptors (Lipinski definition) is 6. The lowest BCUT2D eigenvalue weighted by Crippen LogP contribution is -2.05. The summed E-state index contributed by atoms with van der Waals surface area (Å²) in [7, 11) is 0. The molecule has 118 valence electrons. The van der Waals surface area contributed by atoms with Crippen molar-refractivity contribution < 1.29 is 0 Å². The Morgan fingerprint density at radius 2 is 1.09 bits per heavy atom. The topological polar surface area (TPSA) is 75.6 Å². The summed E-state index contributed by atoms with van der Waals surface area (Å²) in [6, 6.07) is 7.10. The summed E-state index contributed by atoms with van der Waals surface area (Å²) < 4.78 is 0. The lowest BCUT2D eigenvalue weighted by Gasteiger charge is -2.06. The number of rotatable bonds is 9. The lowest BCUT2D eigenvalue weighted by molar-refractivity contribution is 0.668. The van der Waals surface area contributed by atoms with Crippen LogP contribution in [0.25, 0.3) is 0 Å². The van der Waals surface area contributed by atoms with E-state index < -0.39 is 0 Å². The molecule has 8 heteroatoms. The molecule has 0 bridgehead atoms. The Kier molecular flexibility index (Phi) is 7.12. The van der Waals surface area contributed by atoms with Gasteiger partial charge in [0.05, 0.1) is 0 Å². The Bertz CT molecular complexity index is 495. The summed E-state index contributed by atoms with van der Waals surface area (Å²) in [5.41, 5.74) is 0. The minimum atomic E-state index is 0.406. The molecule has 0 fully saturated rings. The predicted molar refractivity (Wildman–Crippen MR) is 89.5 cm³/mol. The molecule has 0 aliphatic carbocycles. The van der Waals surface area contributed by atoms with E-state index in [1.807, 2.05) is 12.1 Å². The van der Waals surface area contributed by atoms with Gasteiger partial charge in [0.2, 0.25) is 0 Å². The van der Waals surface area contributed by atoms with Gasteiger partial charge in [-0.3, -0.25) is 0 Å². The van der Waals surface area contributed by atoms with Crippen LogP contribution in [0.3, 0.4) is 0 Å². The van der Waals surface area contributed by atoms with Crippen molar-refractivity contribution in [3.8, 4) is 0 Å². The molecule has 0 saturated heterocycles. The largest absolute Gasteiger partial charge is 0.369 e. The molecule has 2 heterocycles. The highest BCUT2D eigenvalue weighted by molar-refractivity contribution is 6.29. The first kappa shape index (κ1) is 16.7. The maximum absolute atomic E-state index is 5.67. The average molecular weight is 341 g/mol. The van der Waals surface area contributed by atoms with Crippen LogP contribution in [0.2, 0.25) is 10.3 Å². The van der Waals surface area contributed by atoms with Gasteiger partial charge in [0.25, 0.3) is 0 Å². The van der Waals surface area contributed by atoms with Crippen LogP contribution in [0.5, 0.6) is 0 Å². The van der Waals surface area contributed by atoms with Crippen LogP contribution < -0.4 is 10.6 Å². The Hall–Kier alpha value is -1.66. The highest BCUT2D eigenvalue weighted by atomic mass is 35.5. The molecular weight excluding hydrogens is 323 g/mol. The third kappa shape index (κ3) is 6.41. The molecule has 0 saturated carbocycles. The Balaban J connectivity index is 1.47. The van der Waals surface area contributed by atoms with Gasteiger partial charge in [-0.1, -0.05) is 36.0 Å². The van der Waals surface area contributed by atoms with E-state index in [-0.39, 0.29) is 0 Å². The van der Waals surface area contributed by atoms with Crippen LogP contribution >= 0.6 is 23.2 Å². The zero-order valence-corrected chi connectivity index (χ0v) is 13.6. The standard InChI is InChI=1S/C14H18Cl2N6/c15-11-5-7-13(21-19-11)17-9-3-1-2-4-10-18-14-8-6-12(16)20-22-14/h5-8H,1-4,9-10H2,(H,17,21)(H,18,22). The summed E-state index contributed by atoms with van der Waals surface area (Å²) in [4.78, 5) is 0. The van der Waals surface area contributed by atoms with Gasteiger partial charge >= 0.3 is 0 Å². The van der Waals surface area contributed by atoms with Crippen molar-refractivity contribution in [2.24, 2.45) is 0 Å². The van der Waals surface area contributed by atoms with Crippen molar-refractivity contribution >= 4 is 34.8 Å². The molecule has 2 aromatic rings. The van der Waals surface area contributed by atoms with E-state index in [0.717, 1.165) is 50.4 Å². The van der Waals surface area contributed by atoms with Crippen LogP contribution in [-0.2, 0) is 0 Å². The van der Waals surface area contributed by atoms with E-state index in [1.165, 1.54) is 0 Å². The van der Waals surface area contributed by atoms with Gasteiger partial charge in [0, 0.05) is 13.1 Å². The van der Waals surface area contributed by atoms with Gasteiger partial charge in [-0.15, -0.1) is 20.4 Å². The second-order valence-corrected chi connectivity index (χ2v) is 5.52. The van der Waals surface area contributed by atoms with E-state index in [2.05, 4.69) is 31.0 Å². The summed E-state index contributed by atoms with van der Waals surface area (Å²) in [5, 5.41) is 22.7. The quantitative estimate of drug-likeness (QED) is 0.678. The summed E-state index contributed by atoms with van der Waals surface area (Å²) >= 11 is 11.3. The fourth-order valence-electron chi connectivity index (χ4n) is 1.86. The van der Waals surface area contributed by atoms with Crippen LogP contribution in [0.15, 0.2) is 24.3 Å². The van der Waals surface area contributed by atoms with Gasteiger partial charge in [0.1, 0.15) is 11.6 Å².